The maximum atomic E-state index is 12.9. The maximum absolute atomic E-state index is 12.9. The van der Waals surface area contributed by atoms with Crippen LogP contribution < -0.4 is 0 Å². The molecule has 4 rings (SSSR count). The highest BCUT2D eigenvalue weighted by Crippen LogP contribution is 2.35. The fraction of sp³-hybridized carbons (Fsp3) is 0.208. The molecule has 1 heterocycles. The van der Waals surface area contributed by atoms with Gasteiger partial charge < -0.3 is 9.64 Å². The summed E-state index contributed by atoms with van der Waals surface area (Å²) in [5.74, 6) is 0.0440. The zero-order valence-corrected chi connectivity index (χ0v) is 15.3. The van der Waals surface area contributed by atoms with E-state index >= 15 is 0 Å². The molecule has 0 saturated carbocycles. The Morgan fingerprint density at radius 1 is 0.778 bits per heavy atom. The van der Waals surface area contributed by atoms with Crippen LogP contribution >= 0.6 is 0 Å². The fourth-order valence-electron chi connectivity index (χ4n) is 3.57. The van der Waals surface area contributed by atoms with Gasteiger partial charge in [-0.2, -0.15) is 0 Å². The van der Waals surface area contributed by atoms with Crippen LogP contribution in [-0.4, -0.2) is 17.4 Å². The highest BCUT2D eigenvalue weighted by atomic mass is 16.5. The van der Waals surface area contributed by atoms with E-state index in [-0.39, 0.29) is 12.1 Å². The normalized spacial score (nSPS) is 15.8. The maximum Gasteiger partial charge on any atom is 0.256 e. The van der Waals surface area contributed by atoms with Gasteiger partial charge in [0, 0.05) is 24.3 Å². The van der Waals surface area contributed by atoms with Crippen molar-refractivity contribution in [1.29, 1.82) is 0 Å². The molecule has 3 aromatic rings. The lowest BCUT2D eigenvalue weighted by Crippen LogP contribution is -2.29. The number of ether oxygens (including phenoxy) is 1. The first-order chi connectivity index (χ1) is 13.3. The summed E-state index contributed by atoms with van der Waals surface area (Å²) in [6.45, 7) is 1.17. The summed E-state index contributed by atoms with van der Waals surface area (Å²) < 4.78 is 6.21. The Labute approximate surface area is 160 Å². The molecule has 0 radical (unpaired) electrons. The molecule has 1 aliphatic heterocycles. The molecule has 3 nitrogen and oxygen atoms in total. The molecule has 1 aliphatic rings. The molecule has 0 saturated heterocycles. The average Bonchev–Trinajstić information content (AvgIpc) is 2.99. The number of aryl methyl sites for hydroxylation is 1. The van der Waals surface area contributed by atoms with Crippen LogP contribution in [0.25, 0.3) is 0 Å². The van der Waals surface area contributed by atoms with Gasteiger partial charge >= 0.3 is 0 Å². The average molecular weight is 357 g/mol. The second kappa shape index (κ2) is 8.19. The number of fused-ring (bicyclic) bond motifs is 1. The van der Waals surface area contributed by atoms with E-state index in [2.05, 4.69) is 24.3 Å². The van der Waals surface area contributed by atoms with Crippen molar-refractivity contribution in [3.63, 3.8) is 0 Å². The predicted octanol–water partition coefficient (Wildman–Crippen LogP) is 4.99. The van der Waals surface area contributed by atoms with Gasteiger partial charge in [0.05, 0.1) is 0 Å². The summed E-state index contributed by atoms with van der Waals surface area (Å²) in [7, 11) is 0. The number of hydrogen-bond acceptors (Lipinski definition) is 2. The lowest BCUT2D eigenvalue weighted by Gasteiger charge is -2.25. The van der Waals surface area contributed by atoms with Crippen molar-refractivity contribution >= 4 is 5.91 Å². The molecule has 1 amide bonds. The summed E-state index contributed by atoms with van der Waals surface area (Å²) >= 11 is 0. The van der Waals surface area contributed by atoms with Crippen LogP contribution in [0.1, 0.15) is 39.7 Å². The third-order valence-corrected chi connectivity index (χ3v) is 4.93. The van der Waals surface area contributed by atoms with Crippen LogP contribution in [0, 0.1) is 0 Å². The van der Waals surface area contributed by atoms with E-state index in [9.17, 15) is 4.79 Å². The van der Waals surface area contributed by atoms with E-state index in [1.807, 2.05) is 65.6 Å². The lowest BCUT2D eigenvalue weighted by atomic mass is 10.1. The van der Waals surface area contributed by atoms with Crippen molar-refractivity contribution in [1.82, 2.24) is 4.90 Å². The lowest BCUT2D eigenvalue weighted by molar-refractivity contribution is -0.0435. The third-order valence-electron chi connectivity index (χ3n) is 4.93. The number of benzene rings is 3. The fourth-order valence-corrected chi connectivity index (χ4v) is 3.57. The largest absolute Gasteiger partial charge is 0.354 e. The Kier molecular flexibility index (Phi) is 5.31. The monoisotopic (exact) mass is 357 g/mol. The second-order valence-electron chi connectivity index (χ2n) is 6.82. The minimum atomic E-state index is -0.315. The first kappa shape index (κ1) is 17.5. The van der Waals surface area contributed by atoms with E-state index in [4.69, 9.17) is 4.74 Å². The number of amides is 1. The van der Waals surface area contributed by atoms with Crippen molar-refractivity contribution in [2.75, 3.05) is 6.61 Å². The van der Waals surface area contributed by atoms with Gasteiger partial charge in [0.1, 0.15) is 0 Å². The van der Waals surface area contributed by atoms with Gasteiger partial charge in [-0.25, -0.2) is 0 Å². The van der Waals surface area contributed by atoms with Gasteiger partial charge in [0.15, 0.2) is 6.23 Å². The van der Waals surface area contributed by atoms with Gasteiger partial charge in [-0.05, 0) is 30.0 Å². The number of carbonyl (C=O) groups excluding carboxylic acids is 1. The molecule has 27 heavy (non-hydrogen) atoms. The van der Waals surface area contributed by atoms with Crippen LogP contribution in [0.5, 0.6) is 0 Å². The molecule has 1 unspecified atom stereocenters. The topological polar surface area (TPSA) is 29.5 Å². The van der Waals surface area contributed by atoms with Crippen molar-refractivity contribution in [3.05, 3.63) is 107 Å². The second-order valence-corrected chi connectivity index (χ2v) is 6.82. The predicted molar refractivity (Wildman–Crippen MR) is 106 cm³/mol. The molecule has 0 aliphatic carbocycles. The number of hydrogen-bond donors (Lipinski definition) is 0. The van der Waals surface area contributed by atoms with E-state index in [1.165, 1.54) is 5.56 Å². The molecule has 0 aromatic heterocycles. The van der Waals surface area contributed by atoms with Gasteiger partial charge in [0.2, 0.25) is 0 Å². The molecule has 136 valence electrons. The Morgan fingerprint density at radius 3 is 2.15 bits per heavy atom. The molecular weight excluding hydrogens is 334 g/mol. The van der Waals surface area contributed by atoms with Gasteiger partial charge in [0.25, 0.3) is 5.91 Å². The van der Waals surface area contributed by atoms with Crippen LogP contribution in [-0.2, 0) is 17.7 Å². The summed E-state index contributed by atoms with van der Waals surface area (Å²) in [4.78, 5) is 14.7. The molecule has 3 heteroatoms. The molecule has 0 bridgehead atoms. The van der Waals surface area contributed by atoms with E-state index in [0.29, 0.717) is 13.2 Å². The van der Waals surface area contributed by atoms with E-state index in [1.54, 1.807) is 0 Å². The van der Waals surface area contributed by atoms with Crippen LogP contribution in [0.2, 0.25) is 0 Å². The first-order valence-corrected chi connectivity index (χ1v) is 9.42. The minimum absolute atomic E-state index is 0.0440. The molecule has 0 spiro atoms. The van der Waals surface area contributed by atoms with Crippen molar-refractivity contribution in [2.45, 2.75) is 25.6 Å². The van der Waals surface area contributed by atoms with E-state index < -0.39 is 0 Å². The van der Waals surface area contributed by atoms with Crippen molar-refractivity contribution in [3.8, 4) is 0 Å². The molecule has 3 aromatic carbocycles. The Balaban J connectivity index is 1.46. The summed E-state index contributed by atoms with van der Waals surface area (Å²) in [5.41, 5.74) is 4.14. The Bertz CT molecular complexity index is 893. The zero-order valence-electron chi connectivity index (χ0n) is 15.3. The standard InChI is InChI=1S/C24H23NO2/c26-23-21-15-7-8-16-22(21)24(25(23)18-20-12-5-2-6-13-20)27-17-9-14-19-10-3-1-4-11-19/h1-8,10-13,15-16,24H,9,14,17-18H2. The number of carbonyl (C=O) groups is 1. The van der Waals surface area contributed by atoms with Gasteiger partial charge in [-0.1, -0.05) is 78.9 Å². The Hall–Kier alpha value is -2.91. The van der Waals surface area contributed by atoms with Crippen LogP contribution in [0.3, 0.4) is 0 Å². The summed E-state index contributed by atoms with van der Waals surface area (Å²) in [6, 6.07) is 28.3. The van der Waals surface area contributed by atoms with Crippen molar-refractivity contribution in [2.24, 2.45) is 0 Å². The number of nitrogens with zero attached hydrogens (tertiary/aromatic N) is 1. The number of rotatable bonds is 7. The highest BCUT2D eigenvalue weighted by molar-refractivity contribution is 5.98. The smallest absolute Gasteiger partial charge is 0.256 e. The highest BCUT2D eigenvalue weighted by Gasteiger charge is 2.36. The summed E-state index contributed by atoms with van der Waals surface area (Å²) in [6.07, 6.45) is 1.59. The van der Waals surface area contributed by atoms with Gasteiger partial charge in [-0.15, -0.1) is 0 Å². The molecule has 0 N–H and O–H groups in total. The molecule has 1 atom stereocenters. The van der Waals surface area contributed by atoms with Gasteiger partial charge in [-0.3, -0.25) is 4.79 Å². The van der Waals surface area contributed by atoms with Crippen molar-refractivity contribution < 1.29 is 9.53 Å². The zero-order chi connectivity index (χ0) is 18.5. The molecule has 0 fully saturated rings. The van der Waals surface area contributed by atoms with E-state index in [0.717, 1.165) is 29.5 Å². The third kappa shape index (κ3) is 3.93. The van der Waals surface area contributed by atoms with Crippen LogP contribution in [0.15, 0.2) is 84.9 Å². The van der Waals surface area contributed by atoms with Crippen LogP contribution in [0.4, 0.5) is 0 Å². The Morgan fingerprint density at radius 2 is 1.41 bits per heavy atom. The summed E-state index contributed by atoms with van der Waals surface area (Å²) in [5, 5.41) is 0. The SMILES string of the molecule is O=C1c2ccccc2C(OCCCc2ccccc2)N1Cc1ccccc1. The minimum Gasteiger partial charge on any atom is -0.354 e. The molecular formula is C24H23NO2. The first-order valence-electron chi connectivity index (χ1n) is 9.42. The quantitative estimate of drug-likeness (QED) is 0.558.